The molecule has 0 heterocycles. The third-order valence-electron chi connectivity index (χ3n) is 4.04. The smallest absolute Gasteiger partial charge is 0.306 e. The van der Waals surface area contributed by atoms with Crippen LogP contribution in [0.3, 0.4) is 0 Å². The molecule has 6 heteroatoms. The summed E-state index contributed by atoms with van der Waals surface area (Å²) in [5.41, 5.74) is 8.45. The zero-order valence-corrected chi connectivity index (χ0v) is 15.3. The second-order valence-corrected chi connectivity index (χ2v) is 6.09. The molecule has 142 valence electrons. The minimum atomic E-state index is -0.831. The number of primary amides is 1. The first-order chi connectivity index (χ1) is 13.0. The normalized spacial score (nSPS) is 11.4. The van der Waals surface area contributed by atoms with Gasteiger partial charge >= 0.3 is 5.97 Å². The van der Waals surface area contributed by atoms with Gasteiger partial charge < -0.3 is 15.8 Å². The maximum Gasteiger partial charge on any atom is 0.306 e. The lowest BCUT2D eigenvalue weighted by Crippen LogP contribution is -2.45. The average molecular weight is 368 g/mol. The van der Waals surface area contributed by atoms with Gasteiger partial charge in [-0.1, -0.05) is 54.6 Å². The lowest BCUT2D eigenvalue weighted by molar-refractivity contribution is -0.144. The third-order valence-corrected chi connectivity index (χ3v) is 4.04. The first-order valence-electron chi connectivity index (χ1n) is 8.88. The fraction of sp³-hybridized carbons (Fsp3) is 0.286. The number of benzene rings is 2. The molecule has 0 unspecified atom stereocenters. The monoisotopic (exact) mass is 368 g/mol. The van der Waals surface area contributed by atoms with Gasteiger partial charge in [0.1, 0.15) is 6.04 Å². The van der Waals surface area contributed by atoms with Gasteiger partial charge in [0.25, 0.3) is 0 Å². The van der Waals surface area contributed by atoms with Crippen molar-refractivity contribution < 1.29 is 19.1 Å². The van der Waals surface area contributed by atoms with E-state index in [-0.39, 0.29) is 25.9 Å². The molecule has 27 heavy (non-hydrogen) atoms. The molecule has 1 atom stereocenters. The van der Waals surface area contributed by atoms with E-state index < -0.39 is 23.8 Å². The largest absolute Gasteiger partial charge is 0.466 e. The molecule has 0 fully saturated rings. The van der Waals surface area contributed by atoms with Crippen molar-refractivity contribution in [1.29, 1.82) is 0 Å². The summed E-state index contributed by atoms with van der Waals surface area (Å²) >= 11 is 0. The molecule has 2 aromatic carbocycles. The fourth-order valence-corrected chi connectivity index (χ4v) is 2.64. The van der Waals surface area contributed by atoms with Gasteiger partial charge in [-0.15, -0.1) is 0 Å². The second kappa shape index (κ2) is 10.1. The van der Waals surface area contributed by atoms with E-state index in [0.29, 0.717) is 0 Å². The Bertz CT molecular complexity index is 773. The number of esters is 1. The van der Waals surface area contributed by atoms with Gasteiger partial charge in [-0.05, 0) is 23.6 Å². The highest BCUT2D eigenvalue weighted by atomic mass is 16.5. The van der Waals surface area contributed by atoms with E-state index in [0.717, 1.165) is 16.7 Å². The lowest BCUT2D eigenvalue weighted by atomic mass is 10.0. The van der Waals surface area contributed by atoms with E-state index in [4.69, 9.17) is 10.5 Å². The van der Waals surface area contributed by atoms with Crippen LogP contribution in [0.25, 0.3) is 11.1 Å². The van der Waals surface area contributed by atoms with Crippen molar-refractivity contribution in [3.8, 4) is 11.1 Å². The van der Waals surface area contributed by atoms with Gasteiger partial charge in [-0.25, -0.2) is 0 Å². The molecule has 0 aliphatic carbocycles. The van der Waals surface area contributed by atoms with Crippen LogP contribution in [-0.2, 0) is 25.5 Å². The van der Waals surface area contributed by atoms with Crippen LogP contribution in [0.5, 0.6) is 0 Å². The number of amides is 2. The number of carbonyl (C=O) groups is 3. The number of nitrogens with one attached hydrogen (secondary N) is 1. The lowest BCUT2D eigenvalue weighted by Gasteiger charge is -2.16. The number of hydrogen-bond acceptors (Lipinski definition) is 4. The Labute approximate surface area is 158 Å². The summed E-state index contributed by atoms with van der Waals surface area (Å²) < 4.78 is 4.78. The van der Waals surface area contributed by atoms with E-state index in [1.165, 1.54) is 0 Å². The Morgan fingerprint density at radius 1 is 0.963 bits per heavy atom. The van der Waals surface area contributed by atoms with Crippen LogP contribution in [0.15, 0.2) is 54.6 Å². The van der Waals surface area contributed by atoms with Crippen molar-refractivity contribution in [1.82, 2.24) is 5.32 Å². The van der Waals surface area contributed by atoms with E-state index in [2.05, 4.69) is 5.32 Å². The van der Waals surface area contributed by atoms with Crippen molar-refractivity contribution in [3.63, 3.8) is 0 Å². The Balaban J connectivity index is 1.94. The number of rotatable bonds is 9. The van der Waals surface area contributed by atoms with Gasteiger partial charge in [-0.2, -0.15) is 0 Å². The number of ether oxygens (including phenoxy) is 1. The summed E-state index contributed by atoms with van der Waals surface area (Å²) in [5, 5.41) is 2.59. The SMILES string of the molecule is CCOC(=O)CCC(=O)N[C@@H](Cc1ccc(-c2ccccc2)cc1)C(N)=O. The standard InChI is InChI=1S/C21H24N2O4/c1-2-27-20(25)13-12-19(24)23-18(21(22)26)14-15-8-10-17(11-9-15)16-6-4-3-5-7-16/h3-11,18H,2,12-14H2,1H3,(H2,22,26)(H,23,24)/t18-/m0/s1. The van der Waals surface area contributed by atoms with Gasteiger partial charge in [0.15, 0.2) is 0 Å². The summed E-state index contributed by atoms with van der Waals surface area (Å²) in [7, 11) is 0. The summed E-state index contributed by atoms with van der Waals surface area (Å²) in [4.78, 5) is 35.0. The zero-order valence-electron chi connectivity index (χ0n) is 15.3. The van der Waals surface area contributed by atoms with Crippen molar-refractivity contribution in [2.24, 2.45) is 5.73 Å². The van der Waals surface area contributed by atoms with Crippen molar-refractivity contribution in [3.05, 3.63) is 60.2 Å². The van der Waals surface area contributed by atoms with Crippen molar-refractivity contribution in [2.45, 2.75) is 32.2 Å². The summed E-state index contributed by atoms with van der Waals surface area (Å²) in [6, 6.07) is 16.8. The molecule has 0 radical (unpaired) electrons. The zero-order chi connectivity index (χ0) is 19.6. The Hall–Kier alpha value is -3.15. The van der Waals surface area contributed by atoms with E-state index >= 15 is 0 Å². The summed E-state index contributed by atoms with van der Waals surface area (Å²) in [6.45, 7) is 1.97. The van der Waals surface area contributed by atoms with E-state index in [9.17, 15) is 14.4 Å². The topological polar surface area (TPSA) is 98.5 Å². The molecule has 0 saturated carbocycles. The van der Waals surface area contributed by atoms with Gasteiger partial charge in [-0.3, -0.25) is 14.4 Å². The second-order valence-electron chi connectivity index (χ2n) is 6.09. The van der Waals surface area contributed by atoms with Crippen LogP contribution in [0.1, 0.15) is 25.3 Å². The van der Waals surface area contributed by atoms with Crippen LogP contribution in [-0.4, -0.2) is 30.4 Å². The minimum absolute atomic E-state index is 0.0308. The third kappa shape index (κ3) is 6.58. The van der Waals surface area contributed by atoms with Gasteiger partial charge in [0.05, 0.1) is 13.0 Å². The minimum Gasteiger partial charge on any atom is -0.466 e. The fourth-order valence-electron chi connectivity index (χ4n) is 2.64. The summed E-state index contributed by atoms with van der Waals surface area (Å²) in [6.07, 6.45) is 0.210. The molecule has 3 N–H and O–H groups in total. The quantitative estimate of drug-likeness (QED) is 0.663. The van der Waals surface area contributed by atoms with Crippen LogP contribution in [0.4, 0.5) is 0 Å². The highest BCUT2D eigenvalue weighted by Crippen LogP contribution is 2.19. The van der Waals surface area contributed by atoms with E-state index in [1.54, 1.807) is 6.92 Å². The van der Waals surface area contributed by atoms with Crippen LogP contribution < -0.4 is 11.1 Å². The van der Waals surface area contributed by atoms with E-state index in [1.807, 2.05) is 54.6 Å². The van der Waals surface area contributed by atoms with Gasteiger partial charge in [0.2, 0.25) is 11.8 Å². The summed E-state index contributed by atoms with van der Waals surface area (Å²) in [5.74, 6) is -1.47. The number of nitrogens with two attached hydrogens (primary N) is 1. The predicted octanol–water partition coefficient (Wildman–Crippen LogP) is 2.21. The predicted molar refractivity (Wildman–Crippen MR) is 103 cm³/mol. The highest BCUT2D eigenvalue weighted by molar-refractivity contribution is 5.88. The molecule has 0 bridgehead atoms. The van der Waals surface area contributed by atoms with Crippen molar-refractivity contribution in [2.75, 3.05) is 6.61 Å². The first-order valence-corrected chi connectivity index (χ1v) is 8.88. The molecular formula is C21H24N2O4. The molecule has 0 spiro atoms. The average Bonchev–Trinajstić information content (AvgIpc) is 2.67. The molecule has 0 aliphatic heterocycles. The van der Waals surface area contributed by atoms with Crippen LogP contribution >= 0.6 is 0 Å². The number of hydrogen-bond donors (Lipinski definition) is 2. The molecular weight excluding hydrogens is 344 g/mol. The molecule has 0 aromatic heterocycles. The molecule has 2 aromatic rings. The van der Waals surface area contributed by atoms with Gasteiger partial charge in [0, 0.05) is 12.8 Å². The maximum absolute atomic E-state index is 12.0. The molecule has 6 nitrogen and oxygen atoms in total. The molecule has 2 rings (SSSR count). The van der Waals surface area contributed by atoms with Crippen LogP contribution in [0.2, 0.25) is 0 Å². The highest BCUT2D eigenvalue weighted by Gasteiger charge is 2.19. The molecule has 0 aliphatic rings. The molecule has 0 saturated heterocycles. The Kier molecular flexibility index (Phi) is 7.55. The van der Waals surface area contributed by atoms with Crippen LogP contribution in [0, 0.1) is 0 Å². The first kappa shape index (κ1) is 20.2. The Morgan fingerprint density at radius 3 is 2.19 bits per heavy atom. The maximum atomic E-state index is 12.0. The number of carbonyl (C=O) groups excluding carboxylic acids is 3. The van der Waals surface area contributed by atoms with Crippen molar-refractivity contribution >= 4 is 17.8 Å². The molecule has 2 amide bonds. The Morgan fingerprint density at radius 2 is 1.59 bits per heavy atom.